The second-order valence-electron chi connectivity index (χ2n) is 9.47. The summed E-state index contributed by atoms with van der Waals surface area (Å²) >= 11 is 13.0. The van der Waals surface area contributed by atoms with Gasteiger partial charge in [-0.25, -0.2) is 9.97 Å². The van der Waals surface area contributed by atoms with E-state index in [1.54, 1.807) is 13.1 Å². The van der Waals surface area contributed by atoms with Gasteiger partial charge in [-0.2, -0.15) is 0 Å². The number of hydrogen-bond acceptors (Lipinski definition) is 4. The van der Waals surface area contributed by atoms with Crippen molar-refractivity contribution in [3.05, 3.63) is 99.7 Å². The molecule has 5 aromatic rings. The molecule has 0 radical (unpaired) electrons. The second-order valence-corrected chi connectivity index (χ2v) is 10.3. The van der Waals surface area contributed by atoms with Gasteiger partial charge in [-0.15, -0.1) is 0 Å². The molecule has 1 aliphatic rings. The number of aromatic nitrogens is 4. The van der Waals surface area contributed by atoms with Crippen molar-refractivity contribution in [2.75, 3.05) is 0 Å². The molecule has 0 bridgehead atoms. The molecule has 2 aromatic carbocycles. The van der Waals surface area contributed by atoms with Crippen LogP contribution in [0.1, 0.15) is 54.3 Å². The molecule has 6 nitrogen and oxygen atoms in total. The minimum Gasteiger partial charge on any atom is -0.473 e. The number of ether oxygens (including phenoxy) is 1. The zero-order valence-corrected chi connectivity index (χ0v) is 21.8. The molecule has 2 N–H and O–H groups in total. The maximum absolute atomic E-state index is 10.7. The van der Waals surface area contributed by atoms with Gasteiger partial charge in [0.2, 0.25) is 5.88 Å². The number of nitrogens with one attached hydrogen (secondary N) is 1. The predicted octanol–water partition coefficient (Wildman–Crippen LogP) is 7.29. The third-order valence-electron chi connectivity index (χ3n) is 7.04. The smallest absolute Gasteiger partial charge is 0.214 e. The van der Waals surface area contributed by atoms with Crippen molar-refractivity contribution in [3.8, 4) is 17.1 Å². The van der Waals surface area contributed by atoms with Crippen LogP contribution in [-0.2, 0) is 13.0 Å². The zero-order chi connectivity index (χ0) is 25.5. The summed E-state index contributed by atoms with van der Waals surface area (Å²) < 4.78 is 8.17. The normalized spacial score (nSPS) is 16.1. The van der Waals surface area contributed by atoms with Crippen molar-refractivity contribution in [2.45, 2.75) is 44.9 Å². The Bertz CT molecular complexity index is 1580. The van der Waals surface area contributed by atoms with E-state index in [0.717, 1.165) is 58.1 Å². The van der Waals surface area contributed by atoms with Gasteiger partial charge in [0.05, 0.1) is 41.6 Å². The number of rotatable bonds is 6. The highest BCUT2D eigenvalue weighted by Crippen LogP contribution is 2.43. The van der Waals surface area contributed by atoms with Crippen molar-refractivity contribution in [2.24, 2.45) is 0 Å². The summed E-state index contributed by atoms with van der Waals surface area (Å²) in [5, 5.41) is 12.9. The van der Waals surface area contributed by atoms with E-state index in [-0.39, 0.29) is 6.04 Å². The second kappa shape index (κ2) is 9.86. The monoisotopic (exact) mass is 532 g/mol. The third kappa shape index (κ3) is 4.50. The number of nitrogens with zero attached hydrogens (tertiary/aromatic N) is 3. The van der Waals surface area contributed by atoms with E-state index >= 15 is 0 Å². The van der Waals surface area contributed by atoms with Crippen LogP contribution < -0.4 is 4.74 Å². The topological polar surface area (TPSA) is 76.0 Å². The fourth-order valence-electron chi connectivity index (χ4n) is 5.30. The molecule has 1 aliphatic carbocycles. The van der Waals surface area contributed by atoms with Crippen LogP contribution >= 0.6 is 23.2 Å². The molecule has 0 saturated heterocycles. The quantitative estimate of drug-likeness (QED) is 0.240. The number of halogens is 2. The number of hydrogen-bond donors (Lipinski definition) is 2. The van der Waals surface area contributed by atoms with Gasteiger partial charge < -0.3 is 19.4 Å². The van der Waals surface area contributed by atoms with Crippen molar-refractivity contribution in [3.63, 3.8) is 0 Å². The van der Waals surface area contributed by atoms with Crippen LogP contribution in [0.2, 0.25) is 10.0 Å². The van der Waals surface area contributed by atoms with Gasteiger partial charge in [0.15, 0.2) is 0 Å². The van der Waals surface area contributed by atoms with Gasteiger partial charge in [-0.3, -0.25) is 0 Å². The van der Waals surface area contributed by atoms with E-state index in [1.165, 1.54) is 0 Å². The minimum absolute atomic E-state index is 0.00413. The van der Waals surface area contributed by atoms with Gasteiger partial charge in [-0.1, -0.05) is 53.5 Å². The molecule has 2 unspecified atom stereocenters. The lowest BCUT2D eigenvalue weighted by atomic mass is 9.87. The summed E-state index contributed by atoms with van der Waals surface area (Å²) in [5.74, 6) is 0.531. The summed E-state index contributed by atoms with van der Waals surface area (Å²) in [4.78, 5) is 12.5. The number of imidazole rings is 1. The van der Waals surface area contributed by atoms with Crippen LogP contribution in [0.25, 0.3) is 22.2 Å². The molecule has 2 atom stereocenters. The Morgan fingerprint density at radius 1 is 1.16 bits per heavy atom. The zero-order valence-electron chi connectivity index (χ0n) is 20.3. The standard InChI is InChI=1S/C29H26Cl2N4O2/c1-17(36)28-29(35(16-34-28)26-9-5-8-20-22(26)10-19(30)11-24(20)31)23-13-32-25-14-33-27(12-21(23)25)37-15-18-6-3-2-4-7-18/h2-4,6-7,10-14,16-17,26,32,36H,5,8-9,15H2,1H3. The first kappa shape index (κ1) is 24.0. The van der Waals surface area contributed by atoms with Crippen molar-refractivity contribution in [1.29, 1.82) is 0 Å². The summed E-state index contributed by atoms with van der Waals surface area (Å²) in [7, 11) is 0. The highest BCUT2D eigenvalue weighted by atomic mass is 35.5. The van der Waals surface area contributed by atoms with Crippen LogP contribution in [-0.4, -0.2) is 24.6 Å². The number of benzene rings is 2. The van der Waals surface area contributed by atoms with Crippen molar-refractivity contribution >= 4 is 34.1 Å². The lowest BCUT2D eigenvalue weighted by Gasteiger charge is -2.29. The summed E-state index contributed by atoms with van der Waals surface area (Å²) in [5.41, 5.74) is 6.58. The molecule has 0 aliphatic heterocycles. The molecule has 0 spiro atoms. The highest BCUT2D eigenvalue weighted by molar-refractivity contribution is 6.35. The van der Waals surface area contributed by atoms with Crippen LogP contribution in [0.15, 0.2) is 67.3 Å². The highest BCUT2D eigenvalue weighted by Gasteiger charge is 2.29. The van der Waals surface area contributed by atoms with Crippen LogP contribution in [0, 0.1) is 0 Å². The average molecular weight is 533 g/mol. The Kier molecular flexibility index (Phi) is 6.41. The number of H-pyrrole nitrogens is 1. The Labute approximate surface area is 224 Å². The van der Waals surface area contributed by atoms with Crippen molar-refractivity contribution in [1.82, 2.24) is 19.5 Å². The molecule has 3 aromatic heterocycles. The van der Waals surface area contributed by atoms with Gasteiger partial charge in [0, 0.05) is 33.3 Å². The molecule has 0 amide bonds. The van der Waals surface area contributed by atoms with Crippen LogP contribution in [0.5, 0.6) is 5.88 Å². The summed E-state index contributed by atoms with van der Waals surface area (Å²) in [6.45, 7) is 2.17. The fraction of sp³-hybridized carbons (Fsp3) is 0.241. The lowest BCUT2D eigenvalue weighted by Crippen LogP contribution is -2.18. The predicted molar refractivity (Wildman–Crippen MR) is 146 cm³/mol. The molecule has 188 valence electrons. The van der Waals surface area contributed by atoms with E-state index in [9.17, 15) is 5.11 Å². The molecular weight excluding hydrogens is 507 g/mol. The van der Waals surface area contributed by atoms with E-state index in [1.807, 2.05) is 61.1 Å². The average Bonchev–Trinajstić information content (AvgIpc) is 3.51. The number of aliphatic hydroxyl groups excluding tert-OH is 1. The van der Waals surface area contributed by atoms with E-state index < -0.39 is 6.10 Å². The van der Waals surface area contributed by atoms with Crippen molar-refractivity contribution < 1.29 is 9.84 Å². The molecule has 8 heteroatoms. The molecule has 37 heavy (non-hydrogen) atoms. The first-order valence-corrected chi connectivity index (χ1v) is 13.1. The van der Waals surface area contributed by atoms with Crippen LogP contribution in [0.4, 0.5) is 0 Å². The van der Waals surface area contributed by atoms with Gasteiger partial charge in [0.25, 0.3) is 0 Å². The maximum Gasteiger partial charge on any atom is 0.214 e. The Morgan fingerprint density at radius 2 is 2.00 bits per heavy atom. The minimum atomic E-state index is -0.747. The van der Waals surface area contributed by atoms with E-state index in [0.29, 0.717) is 28.2 Å². The van der Waals surface area contributed by atoms with Gasteiger partial charge >= 0.3 is 0 Å². The summed E-state index contributed by atoms with van der Waals surface area (Å²) in [6, 6.07) is 15.8. The van der Waals surface area contributed by atoms with Crippen LogP contribution in [0.3, 0.4) is 0 Å². The summed E-state index contributed by atoms with van der Waals surface area (Å²) in [6.07, 6.45) is 7.62. The largest absolute Gasteiger partial charge is 0.473 e. The van der Waals surface area contributed by atoms with E-state index in [2.05, 4.69) is 19.5 Å². The third-order valence-corrected chi connectivity index (χ3v) is 7.59. The van der Waals surface area contributed by atoms with Gasteiger partial charge in [-0.05, 0) is 55.0 Å². The first-order valence-electron chi connectivity index (χ1n) is 12.4. The lowest BCUT2D eigenvalue weighted by molar-refractivity contribution is 0.195. The van der Waals surface area contributed by atoms with E-state index in [4.69, 9.17) is 27.9 Å². The number of aliphatic hydroxyl groups is 1. The number of fused-ring (bicyclic) bond motifs is 2. The first-order chi connectivity index (χ1) is 18.0. The Hall–Kier alpha value is -3.32. The van der Waals surface area contributed by atoms with Gasteiger partial charge in [0.1, 0.15) is 6.61 Å². The number of aromatic amines is 1. The molecule has 3 heterocycles. The molecule has 6 rings (SSSR count). The Morgan fingerprint density at radius 3 is 2.81 bits per heavy atom. The molecule has 0 fully saturated rings. The fourth-order valence-corrected chi connectivity index (χ4v) is 5.91. The maximum atomic E-state index is 10.7. The number of pyridine rings is 1. The Balaban J connectivity index is 1.45. The SMILES string of the molecule is CC(O)c1ncn(C2CCCc3c(Cl)cc(Cl)cc32)c1-c1c[nH]c2cnc(OCc3ccccc3)cc12. The molecule has 0 saturated carbocycles. The molecular formula is C29H26Cl2N4O2.